The monoisotopic (exact) mass is 395 g/mol. The minimum Gasteiger partial charge on any atom is -0.497 e. The van der Waals surface area contributed by atoms with Gasteiger partial charge in [-0.05, 0) is 49.9 Å². The Kier molecular flexibility index (Phi) is 7.94. The van der Waals surface area contributed by atoms with Crippen LogP contribution in [0.1, 0.15) is 42.6 Å². The van der Waals surface area contributed by atoms with Crippen LogP contribution in [0.5, 0.6) is 5.75 Å². The summed E-state index contributed by atoms with van der Waals surface area (Å²) in [6.07, 6.45) is 2.40. The van der Waals surface area contributed by atoms with Gasteiger partial charge >= 0.3 is 0 Å². The van der Waals surface area contributed by atoms with Crippen LogP contribution in [0.15, 0.2) is 53.5 Å². The molecule has 1 heterocycles. The highest BCUT2D eigenvalue weighted by atomic mass is 16.5. The van der Waals surface area contributed by atoms with Gasteiger partial charge in [-0.2, -0.15) is 0 Å². The van der Waals surface area contributed by atoms with Crippen LogP contribution < -0.4 is 15.4 Å². The second kappa shape index (κ2) is 10.9. The molecule has 5 nitrogen and oxygen atoms in total. The summed E-state index contributed by atoms with van der Waals surface area (Å²) in [6.45, 7) is 7.34. The Hall–Kier alpha value is -2.53. The lowest BCUT2D eigenvalue weighted by Crippen LogP contribution is -2.42. The van der Waals surface area contributed by atoms with Gasteiger partial charge in [-0.3, -0.25) is 0 Å². The molecule has 29 heavy (non-hydrogen) atoms. The average Bonchev–Trinajstić information content (AvgIpc) is 2.77. The number of hydrogen-bond acceptors (Lipinski definition) is 3. The first-order valence-electron chi connectivity index (χ1n) is 10.5. The molecule has 0 amide bonds. The van der Waals surface area contributed by atoms with Crippen LogP contribution in [-0.2, 0) is 11.3 Å². The van der Waals surface area contributed by atoms with Crippen molar-refractivity contribution in [3.05, 3.63) is 65.2 Å². The van der Waals surface area contributed by atoms with E-state index in [-0.39, 0.29) is 6.10 Å². The van der Waals surface area contributed by atoms with Crippen molar-refractivity contribution in [1.29, 1.82) is 0 Å². The average molecular weight is 396 g/mol. The van der Waals surface area contributed by atoms with Gasteiger partial charge in [-0.15, -0.1) is 0 Å². The van der Waals surface area contributed by atoms with E-state index in [0.29, 0.717) is 12.5 Å². The van der Waals surface area contributed by atoms with E-state index in [2.05, 4.69) is 48.7 Å². The van der Waals surface area contributed by atoms with Crippen LogP contribution in [0.2, 0.25) is 0 Å². The fourth-order valence-electron chi connectivity index (χ4n) is 3.65. The molecule has 156 valence electrons. The highest BCUT2D eigenvalue weighted by molar-refractivity contribution is 5.79. The van der Waals surface area contributed by atoms with Crippen molar-refractivity contribution in [2.45, 2.75) is 39.3 Å². The highest BCUT2D eigenvalue weighted by Crippen LogP contribution is 2.33. The molecule has 0 saturated carbocycles. The second-order valence-corrected chi connectivity index (χ2v) is 7.53. The molecule has 0 bridgehead atoms. The van der Waals surface area contributed by atoms with Crippen molar-refractivity contribution in [2.24, 2.45) is 10.9 Å². The minimum absolute atomic E-state index is 0.140. The first-order valence-corrected chi connectivity index (χ1v) is 10.5. The van der Waals surface area contributed by atoms with Gasteiger partial charge in [0, 0.05) is 25.6 Å². The van der Waals surface area contributed by atoms with Crippen LogP contribution in [0.4, 0.5) is 0 Å². The first kappa shape index (κ1) is 21.2. The number of rotatable bonds is 7. The molecule has 2 aromatic rings. The van der Waals surface area contributed by atoms with Crippen LogP contribution >= 0.6 is 0 Å². The third kappa shape index (κ3) is 6.23. The molecule has 3 rings (SSSR count). The zero-order valence-corrected chi connectivity index (χ0v) is 17.8. The van der Waals surface area contributed by atoms with Gasteiger partial charge in [0.25, 0.3) is 0 Å². The molecule has 5 heteroatoms. The molecule has 1 fully saturated rings. The van der Waals surface area contributed by atoms with E-state index >= 15 is 0 Å². The lowest BCUT2D eigenvalue weighted by Gasteiger charge is -2.32. The Balaban J connectivity index is 1.62. The van der Waals surface area contributed by atoms with E-state index < -0.39 is 0 Å². The standard InChI is InChI=1S/C24H33N3O2/c1-4-25-24(26-16-19-9-13-22(28-3)14-10-19)27-17-21-6-5-15-29-23(21)20-11-7-18(2)8-12-20/h7-14,21,23H,4-6,15-17H2,1-3H3,(H2,25,26,27). The Bertz CT molecular complexity index is 772. The zero-order valence-electron chi connectivity index (χ0n) is 17.8. The minimum atomic E-state index is 0.140. The third-order valence-electron chi connectivity index (χ3n) is 5.31. The molecule has 1 aliphatic rings. The van der Waals surface area contributed by atoms with E-state index in [4.69, 9.17) is 14.5 Å². The maximum atomic E-state index is 6.15. The summed E-state index contributed by atoms with van der Waals surface area (Å²) in [6, 6.07) is 16.8. The van der Waals surface area contributed by atoms with E-state index in [1.54, 1.807) is 7.11 Å². The molecule has 0 aromatic heterocycles. The summed E-state index contributed by atoms with van der Waals surface area (Å²) in [5.41, 5.74) is 3.70. The molecule has 1 aliphatic heterocycles. The Morgan fingerprint density at radius 2 is 1.86 bits per heavy atom. The van der Waals surface area contributed by atoms with Crippen molar-refractivity contribution < 1.29 is 9.47 Å². The molecule has 2 aromatic carbocycles. The fourth-order valence-corrected chi connectivity index (χ4v) is 3.65. The number of hydrogen-bond donors (Lipinski definition) is 2. The number of nitrogens with zero attached hydrogens (tertiary/aromatic N) is 1. The number of methoxy groups -OCH3 is 1. The van der Waals surface area contributed by atoms with Crippen LogP contribution in [0.25, 0.3) is 0 Å². The maximum Gasteiger partial charge on any atom is 0.191 e. The molecular formula is C24H33N3O2. The number of nitrogens with one attached hydrogen (secondary N) is 2. The van der Waals surface area contributed by atoms with Crippen LogP contribution in [-0.4, -0.2) is 32.8 Å². The number of benzene rings is 2. The van der Waals surface area contributed by atoms with Gasteiger partial charge in [-0.25, -0.2) is 4.99 Å². The van der Waals surface area contributed by atoms with Gasteiger partial charge in [0.15, 0.2) is 5.96 Å². The molecular weight excluding hydrogens is 362 g/mol. The van der Waals surface area contributed by atoms with E-state index in [0.717, 1.165) is 49.8 Å². The number of aryl methyl sites for hydroxylation is 1. The summed E-state index contributed by atoms with van der Waals surface area (Å²) in [5, 5.41) is 6.88. The van der Waals surface area contributed by atoms with Crippen LogP contribution in [0.3, 0.4) is 0 Å². The van der Waals surface area contributed by atoms with Gasteiger partial charge in [0.1, 0.15) is 5.75 Å². The predicted octanol–water partition coefficient (Wildman–Crippen LogP) is 4.23. The molecule has 0 spiro atoms. The lowest BCUT2D eigenvalue weighted by molar-refractivity contribution is -0.0265. The summed E-state index contributed by atoms with van der Waals surface area (Å²) in [4.78, 5) is 4.75. The summed E-state index contributed by atoms with van der Waals surface area (Å²) >= 11 is 0. The molecule has 2 unspecified atom stereocenters. The van der Waals surface area contributed by atoms with Crippen molar-refractivity contribution in [2.75, 3.05) is 26.8 Å². The number of aliphatic imine (C=N–C) groups is 1. The van der Waals surface area contributed by atoms with Crippen molar-refractivity contribution in [3.8, 4) is 5.75 Å². The van der Waals surface area contributed by atoms with Gasteiger partial charge in [0.05, 0.1) is 19.8 Å². The largest absolute Gasteiger partial charge is 0.497 e. The quantitative estimate of drug-likeness (QED) is 0.544. The topological polar surface area (TPSA) is 54.9 Å². The van der Waals surface area contributed by atoms with E-state index in [9.17, 15) is 0 Å². The van der Waals surface area contributed by atoms with E-state index in [1.807, 2.05) is 24.3 Å². The van der Waals surface area contributed by atoms with Gasteiger partial charge in [0.2, 0.25) is 0 Å². The van der Waals surface area contributed by atoms with Gasteiger partial charge < -0.3 is 20.1 Å². The maximum absolute atomic E-state index is 6.15. The smallest absolute Gasteiger partial charge is 0.191 e. The molecule has 2 N–H and O–H groups in total. The van der Waals surface area contributed by atoms with Gasteiger partial charge in [-0.1, -0.05) is 42.0 Å². The third-order valence-corrected chi connectivity index (χ3v) is 5.31. The summed E-state index contributed by atoms with van der Waals surface area (Å²) in [5.74, 6) is 2.13. The first-order chi connectivity index (χ1) is 14.2. The van der Waals surface area contributed by atoms with Crippen LogP contribution in [0, 0.1) is 12.8 Å². The molecule has 0 radical (unpaired) electrons. The molecule has 0 aliphatic carbocycles. The number of ether oxygens (including phenoxy) is 2. The number of guanidine groups is 1. The zero-order chi connectivity index (χ0) is 20.5. The fraction of sp³-hybridized carbons (Fsp3) is 0.458. The summed E-state index contributed by atoms with van der Waals surface area (Å²) in [7, 11) is 1.68. The van der Waals surface area contributed by atoms with Crippen molar-refractivity contribution in [1.82, 2.24) is 10.6 Å². The van der Waals surface area contributed by atoms with Crippen molar-refractivity contribution in [3.63, 3.8) is 0 Å². The SMILES string of the molecule is CCNC(=NCc1ccc(OC)cc1)NCC1CCCOC1c1ccc(C)cc1. The Labute approximate surface area is 174 Å². The highest BCUT2D eigenvalue weighted by Gasteiger charge is 2.27. The molecule has 2 atom stereocenters. The normalized spacial score (nSPS) is 19.6. The molecule has 1 saturated heterocycles. The second-order valence-electron chi connectivity index (χ2n) is 7.53. The lowest BCUT2D eigenvalue weighted by atomic mass is 9.89. The summed E-state index contributed by atoms with van der Waals surface area (Å²) < 4.78 is 11.4. The Morgan fingerprint density at radius 1 is 1.10 bits per heavy atom. The predicted molar refractivity (Wildman–Crippen MR) is 118 cm³/mol. The van der Waals surface area contributed by atoms with Crippen molar-refractivity contribution >= 4 is 5.96 Å². The Morgan fingerprint density at radius 3 is 2.55 bits per heavy atom. The van der Waals surface area contributed by atoms with E-state index in [1.165, 1.54) is 11.1 Å².